The molecule has 1 unspecified atom stereocenters. The van der Waals surface area contributed by atoms with Gasteiger partial charge >= 0.3 is 5.97 Å². The van der Waals surface area contributed by atoms with E-state index < -0.39 is 0 Å². The number of unbranched alkanes of at least 4 members (excludes halogenated alkanes) is 2. The summed E-state index contributed by atoms with van der Waals surface area (Å²) in [7, 11) is 0. The largest absolute Gasteiger partial charge is 0.466 e. The Labute approximate surface area is 93.7 Å². The highest BCUT2D eigenvalue weighted by Crippen LogP contribution is 2.09. The molecule has 0 radical (unpaired) electrons. The highest BCUT2D eigenvalue weighted by atomic mass is 16.5. The number of hydrogen-bond acceptors (Lipinski definition) is 2. The fourth-order valence-electron chi connectivity index (χ4n) is 1.29. The van der Waals surface area contributed by atoms with Gasteiger partial charge in [0.1, 0.15) is 0 Å². The predicted molar refractivity (Wildman–Crippen MR) is 63.7 cm³/mol. The van der Waals surface area contributed by atoms with E-state index in [0.717, 1.165) is 12.8 Å². The van der Waals surface area contributed by atoms with Gasteiger partial charge in [0.15, 0.2) is 0 Å². The van der Waals surface area contributed by atoms with Crippen molar-refractivity contribution in [3.63, 3.8) is 0 Å². The van der Waals surface area contributed by atoms with Crippen molar-refractivity contribution in [1.82, 2.24) is 0 Å². The molecule has 0 saturated carbocycles. The van der Waals surface area contributed by atoms with Gasteiger partial charge in [-0.3, -0.25) is 4.79 Å². The molecule has 0 aromatic carbocycles. The standard InChI is InChI=1S/C13H24O2/c1-4-5-6-7-8-9-12(2)10-11-15-13(3)14/h7-8,12H,4-6,9-11H2,1-3H3/b8-7-. The molecule has 0 N–H and O–H groups in total. The average Bonchev–Trinajstić information content (AvgIpc) is 2.17. The van der Waals surface area contributed by atoms with E-state index in [1.807, 2.05) is 0 Å². The normalized spacial score (nSPS) is 13.0. The fourth-order valence-corrected chi connectivity index (χ4v) is 1.29. The van der Waals surface area contributed by atoms with E-state index in [9.17, 15) is 4.79 Å². The number of rotatable bonds is 8. The van der Waals surface area contributed by atoms with Crippen LogP contribution in [0.3, 0.4) is 0 Å². The van der Waals surface area contributed by atoms with E-state index in [2.05, 4.69) is 26.0 Å². The van der Waals surface area contributed by atoms with Gasteiger partial charge in [0.25, 0.3) is 0 Å². The summed E-state index contributed by atoms with van der Waals surface area (Å²) in [5.41, 5.74) is 0. The van der Waals surface area contributed by atoms with E-state index >= 15 is 0 Å². The van der Waals surface area contributed by atoms with Crippen LogP contribution in [0.5, 0.6) is 0 Å². The Morgan fingerprint density at radius 2 is 2.13 bits per heavy atom. The molecule has 15 heavy (non-hydrogen) atoms. The van der Waals surface area contributed by atoms with Gasteiger partial charge in [-0.2, -0.15) is 0 Å². The lowest BCUT2D eigenvalue weighted by Crippen LogP contribution is -2.04. The first-order chi connectivity index (χ1) is 7.16. The van der Waals surface area contributed by atoms with Gasteiger partial charge in [-0.1, -0.05) is 38.8 Å². The van der Waals surface area contributed by atoms with Gasteiger partial charge in [-0.25, -0.2) is 0 Å². The second-order valence-corrected chi connectivity index (χ2v) is 4.08. The lowest BCUT2D eigenvalue weighted by Gasteiger charge is -2.07. The minimum absolute atomic E-state index is 0.180. The molecule has 0 saturated heterocycles. The molecule has 0 rings (SSSR count). The van der Waals surface area contributed by atoms with Gasteiger partial charge in [0, 0.05) is 6.92 Å². The Bertz CT molecular complexity index is 185. The monoisotopic (exact) mass is 212 g/mol. The maximum absolute atomic E-state index is 10.5. The van der Waals surface area contributed by atoms with Crippen LogP contribution >= 0.6 is 0 Å². The van der Waals surface area contributed by atoms with Crippen molar-refractivity contribution in [2.45, 2.75) is 52.9 Å². The molecular weight excluding hydrogens is 188 g/mol. The Morgan fingerprint density at radius 3 is 2.73 bits per heavy atom. The molecule has 0 aliphatic rings. The molecule has 0 spiro atoms. The number of ether oxygens (including phenoxy) is 1. The molecule has 0 aliphatic carbocycles. The summed E-state index contributed by atoms with van der Waals surface area (Å²) >= 11 is 0. The Kier molecular flexibility index (Phi) is 9.24. The Balaban J connectivity index is 3.35. The minimum Gasteiger partial charge on any atom is -0.466 e. The van der Waals surface area contributed by atoms with Crippen LogP contribution < -0.4 is 0 Å². The molecule has 0 bridgehead atoms. The zero-order valence-electron chi connectivity index (χ0n) is 10.3. The zero-order valence-corrected chi connectivity index (χ0v) is 10.3. The van der Waals surface area contributed by atoms with Gasteiger partial charge in [0.05, 0.1) is 6.61 Å². The lowest BCUT2D eigenvalue weighted by atomic mass is 10.0. The SMILES string of the molecule is CCCC/C=C\CC(C)CCOC(C)=O. The molecule has 0 aliphatic heterocycles. The molecule has 2 heteroatoms. The highest BCUT2D eigenvalue weighted by molar-refractivity contribution is 5.65. The first-order valence-electron chi connectivity index (χ1n) is 5.95. The lowest BCUT2D eigenvalue weighted by molar-refractivity contribution is -0.141. The van der Waals surface area contributed by atoms with E-state index in [1.165, 1.54) is 26.2 Å². The van der Waals surface area contributed by atoms with Crippen LogP contribution in [0.25, 0.3) is 0 Å². The highest BCUT2D eigenvalue weighted by Gasteiger charge is 2.00. The summed E-state index contributed by atoms with van der Waals surface area (Å²) in [6.45, 7) is 6.40. The number of carbonyl (C=O) groups is 1. The molecule has 0 aromatic heterocycles. The van der Waals surface area contributed by atoms with Crippen LogP contribution in [0.1, 0.15) is 52.9 Å². The van der Waals surface area contributed by atoms with Gasteiger partial charge in [-0.05, 0) is 25.2 Å². The van der Waals surface area contributed by atoms with Crippen molar-refractivity contribution in [3.8, 4) is 0 Å². The summed E-state index contributed by atoms with van der Waals surface area (Å²) in [6.07, 6.45) is 10.3. The predicted octanol–water partition coefficient (Wildman–Crippen LogP) is 3.71. The van der Waals surface area contributed by atoms with Gasteiger partial charge < -0.3 is 4.74 Å². The van der Waals surface area contributed by atoms with Crippen molar-refractivity contribution in [2.75, 3.05) is 6.61 Å². The van der Waals surface area contributed by atoms with Crippen LogP contribution in [0.4, 0.5) is 0 Å². The summed E-state index contributed by atoms with van der Waals surface area (Å²) in [6, 6.07) is 0. The summed E-state index contributed by atoms with van der Waals surface area (Å²) in [4.78, 5) is 10.5. The molecule has 1 atom stereocenters. The molecule has 0 aromatic rings. The second-order valence-electron chi connectivity index (χ2n) is 4.08. The maximum Gasteiger partial charge on any atom is 0.302 e. The molecule has 0 fully saturated rings. The van der Waals surface area contributed by atoms with Gasteiger partial charge in [0.2, 0.25) is 0 Å². The van der Waals surface area contributed by atoms with Crippen LogP contribution in [0.15, 0.2) is 12.2 Å². The van der Waals surface area contributed by atoms with E-state index in [-0.39, 0.29) is 5.97 Å². The van der Waals surface area contributed by atoms with Crippen LogP contribution in [-0.2, 0) is 9.53 Å². The topological polar surface area (TPSA) is 26.3 Å². The molecule has 0 heterocycles. The molecule has 2 nitrogen and oxygen atoms in total. The van der Waals surface area contributed by atoms with Gasteiger partial charge in [-0.15, -0.1) is 0 Å². The van der Waals surface area contributed by atoms with Crippen LogP contribution in [-0.4, -0.2) is 12.6 Å². The molecule has 88 valence electrons. The third-order valence-electron chi connectivity index (χ3n) is 2.35. The van der Waals surface area contributed by atoms with Crippen molar-refractivity contribution < 1.29 is 9.53 Å². The number of allylic oxidation sites excluding steroid dienone is 2. The average molecular weight is 212 g/mol. The Morgan fingerprint density at radius 1 is 1.40 bits per heavy atom. The van der Waals surface area contributed by atoms with E-state index in [4.69, 9.17) is 4.74 Å². The van der Waals surface area contributed by atoms with E-state index in [1.54, 1.807) is 0 Å². The minimum atomic E-state index is -0.180. The van der Waals surface area contributed by atoms with Crippen molar-refractivity contribution in [1.29, 1.82) is 0 Å². The molecular formula is C13H24O2. The Hall–Kier alpha value is -0.790. The maximum atomic E-state index is 10.5. The number of esters is 1. The summed E-state index contributed by atoms with van der Waals surface area (Å²) in [5, 5.41) is 0. The van der Waals surface area contributed by atoms with Crippen molar-refractivity contribution in [2.24, 2.45) is 5.92 Å². The van der Waals surface area contributed by atoms with Crippen molar-refractivity contribution in [3.05, 3.63) is 12.2 Å². The smallest absolute Gasteiger partial charge is 0.302 e. The summed E-state index contributed by atoms with van der Waals surface area (Å²) in [5.74, 6) is 0.419. The second kappa shape index (κ2) is 9.75. The fraction of sp³-hybridized carbons (Fsp3) is 0.769. The van der Waals surface area contributed by atoms with Crippen LogP contribution in [0, 0.1) is 5.92 Å². The first kappa shape index (κ1) is 14.2. The number of carbonyl (C=O) groups excluding carboxylic acids is 1. The first-order valence-corrected chi connectivity index (χ1v) is 5.95. The quantitative estimate of drug-likeness (QED) is 0.348. The zero-order chi connectivity index (χ0) is 11.5. The van der Waals surface area contributed by atoms with Crippen LogP contribution in [0.2, 0.25) is 0 Å². The third-order valence-corrected chi connectivity index (χ3v) is 2.35. The summed E-state index contributed by atoms with van der Waals surface area (Å²) < 4.78 is 4.89. The van der Waals surface area contributed by atoms with Crippen molar-refractivity contribution >= 4 is 5.97 Å². The van der Waals surface area contributed by atoms with E-state index in [0.29, 0.717) is 12.5 Å². The third kappa shape index (κ3) is 11.1. The molecule has 0 amide bonds. The number of hydrogen-bond donors (Lipinski definition) is 0.